The zero-order valence-electron chi connectivity index (χ0n) is 16.3. The van der Waals surface area contributed by atoms with E-state index in [0.717, 1.165) is 47.3 Å². The van der Waals surface area contributed by atoms with Crippen LogP contribution in [0.2, 0.25) is 5.02 Å². The van der Waals surface area contributed by atoms with Gasteiger partial charge in [-0.1, -0.05) is 36.9 Å². The molecule has 0 atom stereocenters. The van der Waals surface area contributed by atoms with Crippen LogP contribution in [-0.4, -0.2) is 46.0 Å². The van der Waals surface area contributed by atoms with Gasteiger partial charge in [0.15, 0.2) is 5.11 Å². The minimum Gasteiger partial charge on any atom is -0.343 e. The van der Waals surface area contributed by atoms with Gasteiger partial charge in [-0.15, -0.1) is 0 Å². The number of rotatable bonds is 3. The van der Waals surface area contributed by atoms with Gasteiger partial charge in [0, 0.05) is 42.8 Å². The summed E-state index contributed by atoms with van der Waals surface area (Å²) in [7, 11) is 0. The average molecular weight is 408 g/mol. The van der Waals surface area contributed by atoms with Gasteiger partial charge >= 0.3 is 0 Å². The number of hydrogen-bond acceptors (Lipinski definition) is 2. The zero-order valence-corrected chi connectivity index (χ0v) is 17.9. The van der Waals surface area contributed by atoms with Crippen molar-refractivity contribution in [1.29, 1.82) is 0 Å². The van der Waals surface area contributed by atoms with Crippen molar-refractivity contribution < 1.29 is 4.79 Å². The number of anilines is 1. The highest BCUT2D eigenvalue weighted by molar-refractivity contribution is 7.80. The average Bonchev–Trinajstić information content (AvgIpc) is 2.66. The molecule has 0 spiro atoms. The summed E-state index contributed by atoms with van der Waals surface area (Å²) in [5.74, 6) is 0.174. The van der Waals surface area contributed by atoms with Gasteiger partial charge in [-0.25, -0.2) is 0 Å². The number of benzene rings is 1. The van der Waals surface area contributed by atoms with E-state index >= 15 is 0 Å². The number of aryl methyl sites for hydroxylation is 1. The smallest absolute Gasteiger partial charge is 0.219 e. The van der Waals surface area contributed by atoms with Crippen LogP contribution in [-0.2, 0) is 4.79 Å². The second-order valence-electron chi connectivity index (χ2n) is 7.83. The molecule has 1 saturated carbocycles. The molecule has 2 aliphatic rings. The van der Waals surface area contributed by atoms with Gasteiger partial charge in [-0.3, -0.25) is 4.79 Å². The SMILES string of the molecule is CC(=O)N1CCC(N(C(=S)Nc2ccc(C)c(Cl)c2)C2CCCCC2)CC1. The summed E-state index contributed by atoms with van der Waals surface area (Å²) >= 11 is 12.2. The van der Waals surface area contributed by atoms with Crippen LogP contribution in [0.15, 0.2) is 18.2 Å². The van der Waals surface area contributed by atoms with Crippen LogP contribution in [0, 0.1) is 6.92 Å². The summed E-state index contributed by atoms with van der Waals surface area (Å²) in [6, 6.07) is 6.88. The molecule has 148 valence electrons. The highest BCUT2D eigenvalue weighted by Crippen LogP contribution is 2.29. The monoisotopic (exact) mass is 407 g/mol. The van der Waals surface area contributed by atoms with Crippen molar-refractivity contribution in [3.8, 4) is 0 Å². The largest absolute Gasteiger partial charge is 0.343 e. The third-order valence-electron chi connectivity index (χ3n) is 5.93. The molecule has 1 N–H and O–H groups in total. The Hall–Kier alpha value is -1.33. The van der Waals surface area contributed by atoms with Crippen LogP contribution in [0.5, 0.6) is 0 Å². The van der Waals surface area contributed by atoms with Crippen LogP contribution >= 0.6 is 23.8 Å². The molecule has 0 bridgehead atoms. The first-order chi connectivity index (χ1) is 13.0. The number of nitrogens with zero attached hydrogens (tertiary/aromatic N) is 2. The van der Waals surface area contributed by atoms with Crippen LogP contribution in [0.4, 0.5) is 5.69 Å². The van der Waals surface area contributed by atoms with Gasteiger partial charge in [0.25, 0.3) is 0 Å². The molecular weight excluding hydrogens is 378 g/mol. The third kappa shape index (κ3) is 5.14. The molecule has 1 amide bonds. The van der Waals surface area contributed by atoms with E-state index < -0.39 is 0 Å². The zero-order chi connectivity index (χ0) is 19.4. The first kappa shape index (κ1) is 20.4. The van der Waals surface area contributed by atoms with E-state index in [2.05, 4.69) is 10.2 Å². The molecule has 6 heteroatoms. The molecule has 0 aromatic heterocycles. The summed E-state index contributed by atoms with van der Waals surface area (Å²) in [4.78, 5) is 16.1. The molecule has 4 nitrogen and oxygen atoms in total. The van der Waals surface area contributed by atoms with Crippen LogP contribution < -0.4 is 5.32 Å². The van der Waals surface area contributed by atoms with E-state index in [9.17, 15) is 4.79 Å². The fraction of sp³-hybridized carbons (Fsp3) is 0.619. The minimum atomic E-state index is 0.174. The molecule has 0 radical (unpaired) electrons. The number of nitrogens with one attached hydrogen (secondary N) is 1. The van der Waals surface area contributed by atoms with Crippen molar-refractivity contribution in [2.75, 3.05) is 18.4 Å². The first-order valence-corrected chi connectivity index (χ1v) is 10.9. The molecule has 1 aliphatic heterocycles. The Balaban J connectivity index is 1.73. The van der Waals surface area contributed by atoms with Crippen LogP contribution in [0.1, 0.15) is 57.4 Å². The van der Waals surface area contributed by atoms with Crippen molar-refractivity contribution in [3.05, 3.63) is 28.8 Å². The number of hydrogen-bond donors (Lipinski definition) is 1. The Bertz CT molecular complexity index is 682. The summed E-state index contributed by atoms with van der Waals surface area (Å²) in [6.45, 7) is 5.30. The highest BCUT2D eigenvalue weighted by Gasteiger charge is 2.32. The summed E-state index contributed by atoms with van der Waals surface area (Å²) < 4.78 is 0. The van der Waals surface area contributed by atoms with Crippen molar-refractivity contribution >= 4 is 40.5 Å². The Morgan fingerprint density at radius 1 is 1.15 bits per heavy atom. The minimum absolute atomic E-state index is 0.174. The van der Waals surface area contributed by atoms with Crippen LogP contribution in [0.25, 0.3) is 0 Å². The maximum Gasteiger partial charge on any atom is 0.219 e. The normalized spacial score (nSPS) is 19.0. The molecule has 1 aromatic carbocycles. The van der Waals surface area contributed by atoms with Crippen molar-refractivity contribution in [3.63, 3.8) is 0 Å². The lowest BCUT2D eigenvalue weighted by atomic mass is 9.91. The number of carbonyl (C=O) groups excluding carboxylic acids is 1. The van der Waals surface area contributed by atoms with E-state index in [1.165, 1.54) is 32.1 Å². The van der Waals surface area contributed by atoms with Gasteiger partial charge in [-0.05, 0) is 62.5 Å². The molecule has 0 unspecified atom stereocenters. The summed E-state index contributed by atoms with van der Waals surface area (Å²) in [5.41, 5.74) is 2.01. The van der Waals surface area contributed by atoms with Crippen molar-refractivity contribution in [1.82, 2.24) is 9.80 Å². The van der Waals surface area contributed by atoms with Gasteiger partial charge < -0.3 is 15.1 Å². The molecule has 1 saturated heterocycles. The number of amides is 1. The van der Waals surface area contributed by atoms with Gasteiger partial charge in [0.05, 0.1) is 0 Å². The van der Waals surface area contributed by atoms with Gasteiger partial charge in [-0.2, -0.15) is 0 Å². The molecular formula is C21H30ClN3OS. The van der Waals surface area contributed by atoms with E-state index in [1.807, 2.05) is 30.0 Å². The number of carbonyl (C=O) groups is 1. The second kappa shape index (κ2) is 9.24. The lowest BCUT2D eigenvalue weighted by molar-refractivity contribution is -0.130. The maximum absolute atomic E-state index is 11.7. The lowest BCUT2D eigenvalue weighted by Gasteiger charge is -2.45. The van der Waals surface area contributed by atoms with E-state index in [0.29, 0.717) is 12.1 Å². The summed E-state index contributed by atoms with van der Waals surface area (Å²) in [5, 5.41) is 4.98. The fourth-order valence-corrected chi connectivity index (χ4v) is 4.90. The van der Waals surface area contributed by atoms with E-state index in [1.54, 1.807) is 6.92 Å². The Labute approximate surface area is 173 Å². The second-order valence-corrected chi connectivity index (χ2v) is 8.62. The van der Waals surface area contributed by atoms with Crippen molar-refractivity contribution in [2.24, 2.45) is 0 Å². The quantitative estimate of drug-likeness (QED) is 0.716. The first-order valence-electron chi connectivity index (χ1n) is 10.1. The molecule has 1 aliphatic carbocycles. The maximum atomic E-state index is 11.7. The topological polar surface area (TPSA) is 35.6 Å². The lowest BCUT2D eigenvalue weighted by Crippen LogP contribution is -2.54. The molecule has 27 heavy (non-hydrogen) atoms. The predicted molar refractivity (Wildman–Crippen MR) is 116 cm³/mol. The standard InChI is InChI=1S/C21H30ClN3OS/c1-15-8-9-17(14-20(15)22)23-21(27)25(18-6-4-3-5-7-18)19-10-12-24(13-11-19)16(2)26/h8-9,14,18-19H,3-7,10-13H2,1-2H3,(H,23,27). The van der Waals surface area contributed by atoms with Crippen molar-refractivity contribution in [2.45, 2.75) is 70.9 Å². The number of thiocarbonyl (C=S) groups is 1. The molecule has 2 fully saturated rings. The fourth-order valence-electron chi connectivity index (χ4n) is 4.31. The highest BCUT2D eigenvalue weighted by atomic mass is 35.5. The Morgan fingerprint density at radius 2 is 1.78 bits per heavy atom. The number of halogens is 1. The van der Waals surface area contributed by atoms with Gasteiger partial charge in [0.1, 0.15) is 0 Å². The number of likely N-dealkylation sites (tertiary alicyclic amines) is 1. The van der Waals surface area contributed by atoms with Gasteiger partial charge in [0.2, 0.25) is 5.91 Å². The van der Waals surface area contributed by atoms with Crippen LogP contribution in [0.3, 0.4) is 0 Å². The molecule has 1 heterocycles. The summed E-state index contributed by atoms with van der Waals surface area (Å²) in [6.07, 6.45) is 8.21. The number of piperidine rings is 1. The molecule has 1 aromatic rings. The van der Waals surface area contributed by atoms with E-state index in [-0.39, 0.29) is 5.91 Å². The molecule has 3 rings (SSSR count). The Kier molecular flexibility index (Phi) is 6.99. The van der Waals surface area contributed by atoms with E-state index in [4.69, 9.17) is 23.8 Å². The predicted octanol–water partition coefficient (Wildman–Crippen LogP) is 4.99. The Morgan fingerprint density at radius 3 is 2.37 bits per heavy atom. The third-order valence-corrected chi connectivity index (χ3v) is 6.65.